The zero-order valence-electron chi connectivity index (χ0n) is 12.9. The molecule has 0 saturated carbocycles. The Labute approximate surface area is 123 Å². The third-order valence-corrected chi connectivity index (χ3v) is 4.26. The molecule has 4 nitrogen and oxygen atoms in total. The first kappa shape index (κ1) is 17.0. The van der Waals surface area contributed by atoms with Crippen LogP contribution in [0.2, 0.25) is 0 Å². The molecule has 1 aromatic rings. The number of nitrogens with one attached hydrogen (secondary N) is 2. The lowest BCUT2D eigenvalue weighted by Gasteiger charge is -2.10. The second kappa shape index (κ2) is 7.64. The summed E-state index contributed by atoms with van der Waals surface area (Å²) in [6, 6.07) is 6.17. The molecule has 1 rings (SSSR count). The maximum absolute atomic E-state index is 12.0. The molecule has 0 aromatic heterocycles. The third-order valence-electron chi connectivity index (χ3n) is 2.89. The molecule has 1 aromatic carbocycles. The molecular formula is C15H26N2O2S. The van der Waals surface area contributed by atoms with Crippen LogP contribution < -0.4 is 10.0 Å². The molecular weight excluding hydrogens is 272 g/mol. The maximum Gasteiger partial charge on any atom is 0.232 e. The standard InChI is InChI=1S/C15H26N2O2S/c1-12(2)16-7-5-6-8-20(18,19)17-15-10-13(3)9-14(4)11-15/h9-12,16-17H,5-8H2,1-4H3. The molecule has 0 saturated heterocycles. The van der Waals surface area contributed by atoms with Crippen molar-refractivity contribution in [3.05, 3.63) is 29.3 Å². The van der Waals surface area contributed by atoms with Crippen molar-refractivity contribution in [3.63, 3.8) is 0 Å². The minimum absolute atomic E-state index is 0.166. The van der Waals surface area contributed by atoms with E-state index >= 15 is 0 Å². The molecule has 2 N–H and O–H groups in total. The van der Waals surface area contributed by atoms with Crippen molar-refractivity contribution < 1.29 is 8.42 Å². The second-order valence-electron chi connectivity index (χ2n) is 5.61. The fourth-order valence-electron chi connectivity index (χ4n) is 2.07. The average molecular weight is 298 g/mol. The van der Waals surface area contributed by atoms with Crippen LogP contribution in [0.4, 0.5) is 5.69 Å². The summed E-state index contributed by atoms with van der Waals surface area (Å²) in [5.41, 5.74) is 2.77. The van der Waals surface area contributed by atoms with Gasteiger partial charge in [0.2, 0.25) is 10.0 Å². The molecule has 0 bridgehead atoms. The topological polar surface area (TPSA) is 58.2 Å². The lowest BCUT2D eigenvalue weighted by molar-refractivity contribution is 0.561. The first-order valence-corrected chi connectivity index (χ1v) is 8.76. The Morgan fingerprint density at radius 3 is 2.20 bits per heavy atom. The Bertz CT molecular complexity index is 504. The van der Waals surface area contributed by atoms with Crippen LogP contribution in [0.3, 0.4) is 0 Å². The Balaban J connectivity index is 2.45. The van der Waals surface area contributed by atoms with Gasteiger partial charge in [0, 0.05) is 11.7 Å². The van der Waals surface area contributed by atoms with Crippen molar-refractivity contribution in [1.82, 2.24) is 5.32 Å². The summed E-state index contributed by atoms with van der Waals surface area (Å²) in [6.07, 6.45) is 1.53. The van der Waals surface area contributed by atoms with Crippen LogP contribution in [0.25, 0.3) is 0 Å². The zero-order chi connectivity index (χ0) is 15.2. The van der Waals surface area contributed by atoms with Crippen molar-refractivity contribution in [1.29, 1.82) is 0 Å². The van der Waals surface area contributed by atoms with Gasteiger partial charge in [-0.15, -0.1) is 0 Å². The number of unbranched alkanes of at least 4 members (excludes halogenated alkanes) is 1. The zero-order valence-corrected chi connectivity index (χ0v) is 13.7. The molecule has 0 unspecified atom stereocenters. The number of hydrogen-bond donors (Lipinski definition) is 2. The lowest BCUT2D eigenvalue weighted by atomic mass is 10.1. The molecule has 114 valence electrons. The van der Waals surface area contributed by atoms with E-state index in [1.807, 2.05) is 32.0 Å². The van der Waals surface area contributed by atoms with E-state index in [1.54, 1.807) is 0 Å². The van der Waals surface area contributed by atoms with E-state index in [1.165, 1.54) is 0 Å². The van der Waals surface area contributed by atoms with Crippen molar-refractivity contribution >= 4 is 15.7 Å². The quantitative estimate of drug-likeness (QED) is 0.726. The molecule has 5 heteroatoms. The summed E-state index contributed by atoms with van der Waals surface area (Å²) in [5.74, 6) is 0.166. The smallest absolute Gasteiger partial charge is 0.232 e. The van der Waals surface area contributed by atoms with Gasteiger partial charge in [-0.2, -0.15) is 0 Å². The number of rotatable bonds is 8. The van der Waals surface area contributed by atoms with E-state index in [9.17, 15) is 8.42 Å². The number of hydrogen-bond acceptors (Lipinski definition) is 3. The van der Waals surface area contributed by atoms with Crippen LogP contribution in [-0.4, -0.2) is 26.8 Å². The van der Waals surface area contributed by atoms with Crippen LogP contribution in [0.1, 0.15) is 37.8 Å². The van der Waals surface area contributed by atoms with Crippen LogP contribution in [0.5, 0.6) is 0 Å². The van der Waals surface area contributed by atoms with Gasteiger partial charge >= 0.3 is 0 Å². The lowest BCUT2D eigenvalue weighted by Crippen LogP contribution is -2.24. The Morgan fingerprint density at radius 2 is 1.65 bits per heavy atom. The summed E-state index contributed by atoms with van der Waals surface area (Å²) in [6.45, 7) is 8.94. The largest absolute Gasteiger partial charge is 0.315 e. The normalized spacial score (nSPS) is 11.8. The summed E-state index contributed by atoms with van der Waals surface area (Å²) < 4.78 is 26.6. The van der Waals surface area contributed by atoms with E-state index < -0.39 is 10.0 Å². The number of benzene rings is 1. The second-order valence-corrected chi connectivity index (χ2v) is 7.46. The van der Waals surface area contributed by atoms with Crippen LogP contribution in [0, 0.1) is 13.8 Å². The molecule has 0 aliphatic carbocycles. The SMILES string of the molecule is Cc1cc(C)cc(NS(=O)(=O)CCCCNC(C)C)c1. The van der Waals surface area contributed by atoms with Crippen molar-refractivity contribution in [2.45, 2.75) is 46.6 Å². The van der Waals surface area contributed by atoms with Crippen LogP contribution in [-0.2, 0) is 10.0 Å². The van der Waals surface area contributed by atoms with Gasteiger partial charge in [-0.1, -0.05) is 19.9 Å². The molecule has 0 aliphatic rings. The highest BCUT2D eigenvalue weighted by atomic mass is 32.2. The number of aryl methyl sites for hydroxylation is 2. The molecule has 20 heavy (non-hydrogen) atoms. The maximum atomic E-state index is 12.0. The van der Waals surface area contributed by atoms with Gasteiger partial charge in [0.1, 0.15) is 0 Å². The summed E-state index contributed by atoms with van der Waals surface area (Å²) in [7, 11) is -3.25. The number of anilines is 1. The van der Waals surface area contributed by atoms with Crippen LogP contribution >= 0.6 is 0 Å². The predicted octanol–water partition coefficient (Wildman–Crippen LogP) is 2.82. The molecule has 0 aliphatic heterocycles. The summed E-state index contributed by atoms with van der Waals surface area (Å²) in [5, 5.41) is 3.28. The fraction of sp³-hybridized carbons (Fsp3) is 0.600. The minimum Gasteiger partial charge on any atom is -0.315 e. The van der Waals surface area contributed by atoms with E-state index in [0.717, 1.165) is 24.1 Å². The molecule has 0 radical (unpaired) electrons. The van der Waals surface area contributed by atoms with Gasteiger partial charge in [0.05, 0.1) is 5.75 Å². The third kappa shape index (κ3) is 6.91. The van der Waals surface area contributed by atoms with Gasteiger partial charge in [-0.25, -0.2) is 8.42 Å². The Morgan fingerprint density at radius 1 is 1.05 bits per heavy atom. The highest BCUT2D eigenvalue weighted by Gasteiger charge is 2.10. The van der Waals surface area contributed by atoms with Crippen molar-refractivity contribution in [2.75, 3.05) is 17.0 Å². The Kier molecular flexibility index (Phi) is 6.49. The predicted molar refractivity (Wildman–Crippen MR) is 85.7 cm³/mol. The van der Waals surface area contributed by atoms with E-state index in [4.69, 9.17) is 0 Å². The first-order valence-electron chi connectivity index (χ1n) is 7.11. The molecule has 0 fully saturated rings. The molecule has 0 heterocycles. The van der Waals surface area contributed by atoms with Gasteiger partial charge in [-0.3, -0.25) is 4.72 Å². The van der Waals surface area contributed by atoms with Crippen molar-refractivity contribution in [3.8, 4) is 0 Å². The van der Waals surface area contributed by atoms with Gasteiger partial charge < -0.3 is 5.32 Å². The highest BCUT2D eigenvalue weighted by molar-refractivity contribution is 7.92. The van der Waals surface area contributed by atoms with Gasteiger partial charge in [-0.05, 0) is 56.5 Å². The van der Waals surface area contributed by atoms with Crippen molar-refractivity contribution in [2.24, 2.45) is 0 Å². The average Bonchev–Trinajstić information content (AvgIpc) is 2.25. The van der Waals surface area contributed by atoms with Gasteiger partial charge in [0.25, 0.3) is 0 Å². The van der Waals surface area contributed by atoms with E-state index in [-0.39, 0.29) is 5.75 Å². The highest BCUT2D eigenvalue weighted by Crippen LogP contribution is 2.15. The van der Waals surface area contributed by atoms with Crippen LogP contribution in [0.15, 0.2) is 18.2 Å². The molecule has 0 atom stereocenters. The molecule has 0 spiro atoms. The summed E-state index contributed by atoms with van der Waals surface area (Å²) >= 11 is 0. The monoisotopic (exact) mass is 298 g/mol. The van der Waals surface area contributed by atoms with E-state index in [0.29, 0.717) is 18.2 Å². The molecule has 0 amide bonds. The van der Waals surface area contributed by atoms with Gasteiger partial charge in [0.15, 0.2) is 0 Å². The first-order chi connectivity index (χ1) is 9.28. The Hall–Kier alpha value is -1.07. The minimum atomic E-state index is -3.25. The fourth-order valence-corrected chi connectivity index (χ4v) is 3.24. The van der Waals surface area contributed by atoms with E-state index in [2.05, 4.69) is 23.9 Å². The number of sulfonamides is 1. The summed E-state index contributed by atoms with van der Waals surface area (Å²) in [4.78, 5) is 0.